The van der Waals surface area contributed by atoms with Crippen LogP contribution in [0.2, 0.25) is 0 Å². The molecule has 8 atom stereocenters. The maximum Gasteiger partial charge on any atom is 0.410 e. The zero-order valence-electron chi connectivity index (χ0n) is 28.3. The first kappa shape index (κ1) is 33.4. The van der Waals surface area contributed by atoms with Gasteiger partial charge in [-0.2, -0.15) is 0 Å². The molecule has 5 nitrogen and oxygen atoms in total. The van der Waals surface area contributed by atoms with Crippen LogP contribution in [0.25, 0.3) is 0 Å². The Hall–Kier alpha value is -1.52. The van der Waals surface area contributed by atoms with Gasteiger partial charge in [-0.3, -0.25) is 4.79 Å². The average Bonchev–Trinajstić information content (AvgIpc) is 3.24. The third kappa shape index (κ3) is 7.23. The molecule has 0 radical (unpaired) electrons. The lowest BCUT2D eigenvalue weighted by atomic mass is 9.46. The largest absolute Gasteiger partial charge is 0.481 e. The number of carbonyl (C=O) groups excluding carboxylic acids is 1. The van der Waals surface area contributed by atoms with Gasteiger partial charge in [0.25, 0.3) is 0 Å². The van der Waals surface area contributed by atoms with Crippen molar-refractivity contribution in [3.63, 3.8) is 0 Å². The number of carboxylic acids is 1. The highest BCUT2D eigenvalue weighted by atomic mass is 16.6. The molecular formula is C37H63NO4. The van der Waals surface area contributed by atoms with Crippen molar-refractivity contribution in [2.75, 3.05) is 6.54 Å². The molecule has 1 amide bonds. The first-order valence-electron chi connectivity index (χ1n) is 17.6. The van der Waals surface area contributed by atoms with E-state index < -0.39 is 11.6 Å². The molecule has 0 aliphatic heterocycles. The molecule has 5 heteroatoms. The van der Waals surface area contributed by atoms with Gasteiger partial charge in [0, 0.05) is 19.0 Å². The van der Waals surface area contributed by atoms with Crippen LogP contribution in [0.15, 0.2) is 11.6 Å². The first-order chi connectivity index (χ1) is 19.7. The van der Waals surface area contributed by atoms with Crippen molar-refractivity contribution in [1.82, 2.24) is 4.90 Å². The van der Waals surface area contributed by atoms with Gasteiger partial charge in [-0.15, -0.1) is 0 Å². The molecule has 0 heterocycles. The molecule has 0 bridgehead atoms. The van der Waals surface area contributed by atoms with Crippen molar-refractivity contribution in [3.05, 3.63) is 11.6 Å². The van der Waals surface area contributed by atoms with Crippen LogP contribution in [0.4, 0.5) is 4.79 Å². The quantitative estimate of drug-likeness (QED) is 0.194. The van der Waals surface area contributed by atoms with E-state index in [4.69, 9.17) is 9.84 Å². The third-order valence-electron chi connectivity index (χ3n) is 12.4. The Morgan fingerprint density at radius 1 is 1.00 bits per heavy atom. The van der Waals surface area contributed by atoms with Crippen LogP contribution in [0.5, 0.6) is 0 Å². The zero-order chi connectivity index (χ0) is 30.9. The first-order valence-corrected chi connectivity index (χ1v) is 17.6. The maximum atomic E-state index is 13.4. The van der Waals surface area contributed by atoms with Crippen LogP contribution >= 0.6 is 0 Å². The smallest absolute Gasteiger partial charge is 0.410 e. The van der Waals surface area contributed by atoms with Gasteiger partial charge in [0.1, 0.15) is 5.60 Å². The van der Waals surface area contributed by atoms with Gasteiger partial charge in [-0.1, -0.05) is 65.5 Å². The van der Waals surface area contributed by atoms with Crippen LogP contribution in [0.1, 0.15) is 145 Å². The Morgan fingerprint density at radius 3 is 2.40 bits per heavy atom. The molecule has 1 N–H and O–H groups in total. The van der Waals surface area contributed by atoms with Gasteiger partial charge in [-0.25, -0.2) is 4.79 Å². The fourth-order valence-corrected chi connectivity index (χ4v) is 10.2. The number of nitrogens with zero attached hydrogens (tertiary/aromatic N) is 1. The minimum Gasteiger partial charge on any atom is -0.481 e. The lowest BCUT2D eigenvalue weighted by Crippen LogP contribution is -2.53. The second kappa shape index (κ2) is 13.2. The molecule has 3 saturated carbocycles. The molecule has 4 rings (SSSR count). The molecule has 4 unspecified atom stereocenters. The summed E-state index contributed by atoms with van der Waals surface area (Å²) in [6.45, 7) is 18.8. The van der Waals surface area contributed by atoms with Crippen molar-refractivity contribution in [2.45, 2.75) is 157 Å². The number of hydrogen-bond acceptors (Lipinski definition) is 3. The van der Waals surface area contributed by atoms with E-state index >= 15 is 0 Å². The summed E-state index contributed by atoms with van der Waals surface area (Å²) >= 11 is 0. The second-order valence-corrected chi connectivity index (χ2v) is 16.7. The highest BCUT2D eigenvalue weighted by Crippen LogP contribution is 2.67. The van der Waals surface area contributed by atoms with Gasteiger partial charge in [0.15, 0.2) is 0 Å². The molecule has 0 aromatic carbocycles. The number of carboxylic acid groups (broad SMARTS) is 1. The number of aliphatic carboxylic acids is 1. The van der Waals surface area contributed by atoms with Gasteiger partial charge >= 0.3 is 12.1 Å². The fraction of sp³-hybridized carbons (Fsp3) is 0.892. The monoisotopic (exact) mass is 585 g/mol. The lowest BCUT2D eigenvalue weighted by Gasteiger charge is -2.59. The van der Waals surface area contributed by atoms with Gasteiger partial charge < -0.3 is 14.7 Å². The van der Waals surface area contributed by atoms with Crippen molar-refractivity contribution < 1.29 is 19.4 Å². The molecular weight excluding hydrogens is 522 g/mol. The number of unbranched alkanes of at least 4 members (excludes halogenated alkanes) is 1. The molecule has 42 heavy (non-hydrogen) atoms. The fourth-order valence-electron chi connectivity index (χ4n) is 10.2. The highest BCUT2D eigenvalue weighted by Gasteiger charge is 2.59. The summed E-state index contributed by atoms with van der Waals surface area (Å²) in [5.74, 6) is 4.18. The Labute approximate surface area is 257 Å². The molecule has 0 aromatic rings. The van der Waals surface area contributed by atoms with Crippen LogP contribution in [0.3, 0.4) is 0 Å². The number of carbonyl (C=O) groups is 2. The van der Waals surface area contributed by atoms with Gasteiger partial charge in [0.05, 0.1) is 0 Å². The van der Waals surface area contributed by atoms with Crippen LogP contribution in [-0.4, -0.2) is 40.3 Å². The lowest BCUT2D eigenvalue weighted by molar-refractivity contribution is -0.137. The highest BCUT2D eigenvalue weighted by molar-refractivity contribution is 5.69. The Kier molecular flexibility index (Phi) is 10.5. The summed E-state index contributed by atoms with van der Waals surface area (Å²) in [5.41, 5.74) is 1.78. The van der Waals surface area contributed by atoms with E-state index in [1.54, 1.807) is 5.57 Å². The van der Waals surface area contributed by atoms with E-state index in [1.807, 2.05) is 25.7 Å². The van der Waals surface area contributed by atoms with E-state index in [2.05, 4.69) is 40.7 Å². The summed E-state index contributed by atoms with van der Waals surface area (Å²) in [4.78, 5) is 26.4. The molecule has 3 fully saturated rings. The van der Waals surface area contributed by atoms with E-state index in [-0.39, 0.29) is 24.0 Å². The Bertz CT molecular complexity index is 981. The van der Waals surface area contributed by atoms with Crippen LogP contribution in [-0.2, 0) is 9.53 Å². The summed E-state index contributed by atoms with van der Waals surface area (Å²) in [7, 11) is 0. The van der Waals surface area contributed by atoms with Gasteiger partial charge in [-0.05, 0) is 131 Å². The number of fused-ring (bicyclic) bond motifs is 5. The van der Waals surface area contributed by atoms with Crippen molar-refractivity contribution in [3.8, 4) is 0 Å². The van der Waals surface area contributed by atoms with E-state index in [0.717, 1.165) is 54.8 Å². The molecule has 4 aliphatic rings. The predicted octanol–water partition coefficient (Wildman–Crippen LogP) is 9.89. The van der Waals surface area contributed by atoms with E-state index in [9.17, 15) is 9.59 Å². The maximum absolute atomic E-state index is 13.4. The number of amides is 1. The average molecular weight is 586 g/mol. The summed E-state index contributed by atoms with van der Waals surface area (Å²) in [6.07, 6.45) is 17.8. The van der Waals surface area contributed by atoms with Crippen molar-refractivity contribution >= 4 is 12.1 Å². The van der Waals surface area contributed by atoms with Gasteiger partial charge in [0.2, 0.25) is 0 Å². The van der Waals surface area contributed by atoms with Crippen molar-refractivity contribution in [1.29, 1.82) is 0 Å². The number of rotatable bonds is 11. The SMILES string of the molecule is CC(C)CCCC(C)[C@H]1CCC2C3CC=C4C[C@@H](N(CCCCC(=O)O)C(=O)OC(C)(C)C)CC[C@]4(C)C3CC[C@@]21C. The molecule has 4 aliphatic carbocycles. The standard InChI is InChI=1S/C37H63NO4/c1-25(2)12-11-13-26(3)30-17-18-31-29-16-15-27-24-28(19-21-36(27,7)32(29)20-22-37(30,31)8)38(23-10-9-14-33(39)40)34(41)42-35(4,5)6/h15,25-26,28-32H,9-14,16-24H2,1-8H3,(H,39,40)/t26?,28-,29?,30+,31?,32?,36-,37+/m0/s1. The van der Waals surface area contributed by atoms with E-state index in [1.165, 1.54) is 51.4 Å². The van der Waals surface area contributed by atoms with Crippen LogP contribution in [0, 0.1) is 46.3 Å². The molecule has 0 aromatic heterocycles. The normalized spacial score (nSPS) is 35.1. The minimum absolute atomic E-state index is 0.136. The summed E-state index contributed by atoms with van der Waals surface area (Å²) in [5, 5.41) is 9.10. The van der Waals surface area contributed by atoms with E-state index in [0.29, 0.717) is 24.8 Å². The Balaban J connectivity index is 1.46. The second-order valence-electron chi connectivity index (χ2n) is 16.7. The Morgan fingerprint density at radius 2 is 1.74 bits per heavy atom. The number of allylic oxidation sites excluding steroid dienone is 1. The van der Waals surface area contributed by atoms with Crippen LogP contribution < -0.4 is 0 Å². The molecule has 0 spiro atoms. The molecule has 240 valence electrons. The minimum atomic E-state index is -0.771. The van der Waals surface area contributed by atoms with Crippen molar-refractivity contribution in [2.24, 2.45) is 46.3 Å². The zero-order valence-corrected chi connectivity index (χ0v) is 28.3. The molecule has 0 saturated heterocycles. The number of hydrogen-bond donors (Lipinski definition) is 1. The summed E-state index contributed by atoms with van der Waals surface area (Å²) in [6, 6.07) is 0.136. The third-order valence-corrected chi connectivity index (χ3v) is 12.4. The summed E-state index contributed by atoms with van der Waals surface area (Å²) < 4.78 is 5.85. The predicted molar refractivity (Wildman–Crippen MR) is 171 cm³/mol. The number of ether oxygens (including phenoxy) is 1. The topological polar surface area (TPSA) is 66.8 Å².